The Hall–Kier alpha value is -1.11. The van der Waals surface area contributed by atoms with Gasteiger partial charge in [0.1, 0.15) is 4.75 Å². The Labute approximate surface area is 116 Å². The van der Waals surface area contributed by atoms with Crippen molar-refractivity contribution in [2.45, 2.75) is 45.4 Å². The van der Waals surface area contributed by atoms with Gasteiger partial charge in [0.15, 0.2) is 0 Å². The second-order valence-corrected chi connectivity index (χ2v) is 7.58. The third-order valence-electron chi connectivity index (χ3n) is 2.64. The average molecular weight is 284 g/mol. The molecule has 0 aliphatic carbocycles. The van der Waals surface area contributed by atoms with Gasteiger partial charge in [-0.15, -0.1) is 4.72 Å². The fourth-order valence-electron chi connectivity index (χ4n) is 1.55. The van der Waals surface area contributed by atoms with Crippen LogP contribution in [0.1, 0.15) is 44.9 Å². The summed E-state index contributed by atoms with van der Waals surface area (Å²) in [5.74, 6) is 0. The van der Waals surface area contributed by atoms with Crippen LogP contribution in [-0.2, 0) is 11.4 Å². The largest absolute Gasteiger partial charge is 0.598 e. The first-order valence-electron chi connectivity index (χ1n) is 6.05. The first-order valence-corrected chi connectivity index (χ1v) is 7.20. The SMILES string of the molecule is Cc1cc([C@@H](C)N[S@+]([O-])C(C)(C)C)cc([N+](=O)[O-])c1. The van der Waals surface area contributed by atoms with E-state index in [1.165, 1.54) is 12.1 Å². The van der Waals surface area contributed by atoms with Gasteiger partial charge in [-0.3, -0.25) is 10.1 Å². The normalized spacial score (nSPS) is 15.1. The highest BCUT2D eigenvalue weighted by atomic mass is 32.2. The molecule has 19 heavy (non-hydrogen) atoms. The second kappa shape index (κ2) is 5.90. The van der Waals surface area contributed by atoms with Crippen LogP contribution in [0.2, 0.25) is 0 Å². The van der Waals surface area contributed by atoms with E-state index >= 15 is 0 Å². The molecular formula is C13H20N2O3S. The lowest BCUT2D eigenvalue weighted by Gasteiger charge is -2.26. The number of aryl methyl sites for hydroxylation is 1. The molecule has 0 unspecified atom stereocenters. The molecule has 5 nitrogen and oxygen atoms in total. The third-order valence-corrected chi connectivity index (χ3v) is 4.32. The Morgan fingerprint density at radius 3 is 2.37 bits per heavy atom. The summed E-state index contributed by atoms with van der Waals surface area (Å²) in [6.07, 6.45) is 0. The van der Waals surface area contributed by atoms with Crippen molar-refractivity contribution in [1.29, 1.82) is 0 Å². The number of nitrogens with one attached hydrogen (secondary N) is 1. The number of nitro groups is 1. The standard InChI is InChI=1S/C13H20N2O3S/c1-9-6-11(8-12(7-9)15(16)17)10(2)14-19(18)13(3,4)5/h6-8,10,14H,1-5H3/t10-,19-/m1/s1. The minimum absolute atomic E-state index is 0.0604. The molecule has 0 aromatic heterocycles. The molecule has 0 aliphatic heterocycles. The van der Waals surface area contributed by atoms with Crippen LogP contribution in [-0.4, -0.2) is 14.2 Å². The lowest BCUT2D eigenvalue weighted by atomic mass is 10.1. The van der Waals surface area contributed by atoms with Gasteiger partial charge in [0.2, 0.25) is 0 Å². The number of benzene rings is 1. The monoisotopic (exact) mass is 284 g/mol. The van der Waals surface area contributed by atoms with Crippen molar-refractivity contribution < 1.29 is 9.48 Å². The molecule has 0 bridgehead atoms. The number of nitrogens with zero attached hydrogens (tertiary/aromatic N) is 1. The minimum atomic E-state index is -1.21. The summed E-state index contributed by atoms with van der Waals surface area (Å²) < 4.78 is 14.6. The lowest BCUT2D eigenvalue weighted by Crippen LogP contribution is -2.40. The van der Waals surface area contributed by atoms with Crippen LogP contribution in [0.4, 0.5) is 5.69 Å². The smallest absolute Gasteiger partial charge is 0.270 e. The highest BCUT2D eigenvalue weighted by Gasteiger charge is 2.28. The Morgan fingerprint density at radius 2 is 1.89 bits per heavy atom. The van der Waals surface area contributed by atoms with E-state index in [-0.39, 0.29) is 16.5 Å². The molecule has 0 aliphatic rings. The van der Waals surface area contributed by atoms with Crippen molar-refractivity contribution in [2.75, 3.05) is 0 Å². The van der Waals surface area contributed by atoms with Crippen molar-refractivity contribution in [1.82, 2.24) is 4.72 Å². The fourth-order valence-corrected chi connectivity index (χ4v) is 2.36. The molecule has 106 valence electrons. The second-order valence-electron chi connectivity index (χ2n) is 5.58. The van der Waals surface area contributed by atoms with Crippen molar-refractivity contribution in [3.05, 3.63) is 39.4 Å². The number of non-ortho nitro benzene ring substituents is 1. The molecule has 0 saturated heterocycles. The Morgan fingerprint density at radius 1 is 1.32 bits per heavy atom. The summed E-state index contributed by atoms with van der Waals surface area (Å²) in [6.45, 7) is 9.29. The number of nitro benzene ring substituents is 1. The van der Waals surface area contributed by atoms with Crippen LogP contribution in [0.3, 0.4) is 0 Å². The third kappa shape index (κ3) is 4.49. The highest BCUT2D eigenvalue weighted by Crippen LogP contribution is 2.24. The van der Waals surface area contributed by atoms with E-state index < -0.39 is 16.3 Å². The van der Waals surface area contributed by atoms with Gasteiger partial charge in [-0.2, -0.15) is 0 Å². The zero-order valence-corrected chi connectivity index (χ0v) is 12.7. The quantitative estimate of drug-likeness (QED) is 0.523. The van der Waals surface area contributed by atoms with Crippen molar-refractivity contribution in [3.8, 4) is 0 Å². The van der Waals surface area contributed by atoms with E-state index in [1.54, 1.807) is 0 Å². The van der Waals surface area contributed by atoms with E-state index in [0.717, 1.165) is 11.1 Å². The fraction of sp³-hybridized carbons (Fsp3) is 0.538. The average Bonchev–Trinajstić information content (AvgIpc) is 2.26. The van der Waals surface area contributed by atoms with E-state index in [9.17, 15) is 14.7 Å². The topological polar surface area (TPSA) is 78.2 Å². The maximum Gasteiger partial charge on any atom is 0.270 e. The van der Waals surface area contributed by atoms with E-state index in [0.29, 0.717) is 0 Å². The minimum Gasteiger partial charge on any atom is -0.598 e. The van der Waals surface area contributed by atoms with Crippen LogP contribution < -0.4 is 4.72 Å². The zero-order valence-electron chi connectivity index (χ0n) is 11.9. The Balaban J connectivity index is 2.94. The van der Waals surface area contributed by atoms with Crippen molar-refractivity contribution in [3.63, 3.8) is 0 Å². The molecule has 1 aromatic carbocycles. The van der Waals surface area contributed by atoms with Crippen LogP contribution in [0.5, 0.6) is 0 Å². The number of rotatable bonds is 4. The number of hydrogen-bond donors (Lipinski definition) is 1. The Bertz CT molecular complexity index is 471. The lowest BCUT2D eigenvalue weighted by molar-refractivity contribution is -0.385. The van der Waals surface area contributed by atoms with E-state index in [4.69, 9.17) is 0 Å². The predicted molar refractivity (Wildman–Crippen MR) is 77.3 cm³/mol. The van der Waals surface area contributed by atoms with Crippen LogP contribution in [0.15, 0.2) is 18.2 Å². The molecule has 1 aromatic rings. The molecular weight excluding hydrogens is 264 g/mol. The summed E-state index contributed by atoms with van der Waals surface area (Å²) in [6, 6.07) is 4.70. The number of hydrogen-bond acceptors (Lipinski definition) is 4. The molecule has 0 fully saturated rings. The van der Waals surface area contributed by atoms with Gasteiger partial charge in [0, 0.05) is 23.5 Å². The molecule has 1 N–H and O–H groups in total. The molecule has 6 heteroatoms. The predicted octanol–water partition coefficient (Wildman–Crippen LogP) is 3.02. The summed E-state index contributed by atoms with van der Waals surface area (Å²) in [4.78, 5) is 10.4. The van der Waals surface area contributed by atoms with Gasteiger partial charge in [-0.05, 0) is 45.7 Å². The highest BCUT2D eigenvalue weighted by molar-refractivity contribution is 7.90. The summed E-state index contributed by atoms with van der Waals surface area (Å²) in [5.41, 5.74) is 1.65. The van der Waals surface area contributed by atoms with Crippen LogP contribution in [0, 0.1) is 17.0 Å². The van der Waals surface area contributed by atoms with E-state index in [1.807, 2.05) is 40.7 Å². The molecule has 0 radical (unpaired) electrons. The maximum absolute atomic E-state index is 12.0. The summed E-state index contributed by atoms with van der Waals surface area (Å²) in [7, 11) is 0. The van der Waals surface area contributed by atoms with Gasteiger partial charge in [-0.1, -0.05) is 6.07 Å². The van der Waals surface area contributed by atoms with Gasteiger partial charge < -0.3 is 4.55 Å². The van der Waals surface area contributed by atoms with E-state index in [2.05, 4.69) is 4.72 Å². The molecule has 0 spiro atoms. The zero-order chi connectivity index (χ0) is 14.8. The Kier molecular flexibility index (Phi) is 4.95. The molecule has 0 heterocycles. The summed E-state index contributed by atoms with van der Waals surface area (Å²) in [5, 5.41) is 10.8. The van der Waals surface area contributed by atoms with Gasteiger partial charge in [0.25, 0.3) is 5.69 Å². The molecule has 0 amide bonds. The van der Waals surface area contributed by atoms with Crippen molar-refractivity contribution >= 4 is 17.0 Å². The molecule has 1 rings (SSSR count). The first kappa shape index (κ1) is 15.9. The van der Waals surface area contributed by atoms with Gasteiger partial charge in [-0.25, -0.2) is 0 Å². The first-order chi connectivity index (χ1) is 8.61. The van der Waals surface area contributed by atoms with Gasteiger partial charge >= 0.3 is 0 Å². The van der Waals surface area contributed by atoms with Crippen LogP contribution >= 0.6 is 0 Å². The summed E-state index contributed by atoms with van der Waals surface area (Å²) >= 11 is -1.21. The van der Waals surface area contributed by atoms with Gasteiger partial charge in [0.05, 0.1) is 11.0 Å². The van der Waals surface area contributed by atoms with Crippen LogP contribution in [0.25, 0.3) is 0 Å². The molecule has 0 saturated carbocycles. The van der Waals surface area contributed by atoms with Crippen molar-refractivity contribution in [2.24, 2.45) is 0 Å². The molecule has 2 atom stereocenters. The maximum atomic E-state index is 12.0.